The van der Waals surface area contributed by atoms with Crippen LogP contribution in [0.3, 0.4) is 0 Å². The molecule has 4 aromatic rings. The van der Waals surface area contributed by atoms with E-state index in [1.807, 2.05) is 39.0 Å². The fraction of sp³-hybridized carbons (Fsp3) is 0.167. The first-order chi connectivity index (χ1) is 13.9. The van der Waals surface area contributed by atoms with Gasteiger partial charge in [-0.15, -0.1) is 0 Å². The van der Waals surface area contributed by atoms with Gasteiger partial charge in [0.2, 0.25) is 0 Å². The number of aryl methyl sites for hydroxylation is 3. The number of fused-ring (bicyclic) bond motifs is 1. The first kappa shape index (κ1) is 18.9. The molecule has 0 bridgehead atoms. The van der Waals surface area contributed by atoms with Crippen molar-refractivity contribution >= 4 is 22.7 Å². The minimum Gasteiger partial charge on any atom is -0.451 e. The number of halogens is 1. The Hall–Kier alpha value is -3.47. The second kappa shape index (κ2) is 7.51. The van der Waals surface area contributed by atoms with E-state index in [0.29, 0.717) is 11.4 Å². The zero-order chi connectivity index (χ0) is 20.5. The highest BCUT2D eigenvalue weighted by atomic mass is 19.1. The van der Waals surface area contributed by atoms with E-state index in [-0.39, 0.29) is 24.0 Å². The van der Waals surface area contributed by atoms with Crippen LogP contribution >= 0.6 is 0 Å². The van der Waals surface area contributed by atoms with Crippen molar-refractivity contribution in [3.8, 4) is 0 Å². The number of carbonyl (C=O) groups is 1. The molecule has 0 N–H and O–H groups in total. The van der Waals surface area contributed by atoms with Crippen LogP contribution in [0.15, 0.2) is 65.2 Å². The van der Waals surface area contributed by atoms with Crippen molar-refractivity contribution in [1.82, 2.24) is 4.98 Å². The number of anilines is 1. The Kier molecular flexibility index (Phi) is 4.89. The molecule has 0 aliphatic heterocycles. The number of pyridine rings is 1. The first-order valence-electron chi connectivity index (χ1n) is 9.41. The summed E-state index contributed by atoms with van der Waals surface area (Å²) < 4.78 is 19.3. The normalized spacial score (nSPS) is 11.0. The largest absolute Gasteiger partial charge is 0.451 e. The molecule has 2 aromatic carbocycles. The fourth-order valence-electron chi connectivity index (χ4n) is 3.35. The van der Waals surface area contributed by atoms with Crippen LogP contribution in [-0.2, 0) is 6.54 Å². The molecule has 0 saturated heterocycles. The molecule has 0 radical (unpaired) electrons. The third-order valence-electron chi connectivity index (χ3n) is 5.17. The van der Waals surface area contributed by atoms with E-state index in [1.165, 1.54) is 12.1 Å². The maximum absolute atomic E-state index is 13.5. The minimum atomic E-state index is -0.316. The van der Waals surface area contributed by atoms with Gasteiger partial charge in [-0.3, -0.25) is 9.69 Å². The molecule has 146 valence electrons. The summed E-state index contributed by atoms with van der Waals surface area (Å²) in [6.45, 7) is 6.20. The van der Waals surface area contributed by atoms with Gasteiger partial charge in [0.1, 0.15) is 17.2 Å². The number of furan rings is 1. The fourth-order valence-corrected chi connectivity index (χ4v) is 3.35. The zero-order valence-electron chi connectivity index (χ0n) is 16.6. The van der Waals surface area contributed by atoms with Crippen LogP contribution in [0.25, 0.3) is 11.0 Å². The van der Waals surface area contributed by atoms with E-state index in [2.05, 4.69) is 4.98 Å². The molecule has 5 heteroatoms. The summed E-state index contributed by atoms with van der Waals surface area (Å²) in [6, 6.07) is 15.5. The zero-order valence-corrected chi connectivity index (χ0v) is 16.6. The van der Waals surface area contributed by atoms with Crippen molar-refractivity contribution in [2.45, 2.75) is 27.3 Å². The molecule has 0 unspecified atom stereocenters. The molecule has 1 amide bonds. The second-order valence-corrected chi connectivity index (χ2v) is 7.19. The second-order valence-electron chi connectivity index (χ2n) is 7.19. The number of nitrogens with zero attached hydrogens (tertiary/aromatic N) is 2. The van der Waals surface area contributed by atoms with Gasteiger partial charge in [-0.1, -0.05) is 18.2 Å². The quantitative estimate of drug-likeness (QED) is 0.448. The molecule has 2 aromatic heterocycles. The van der Waals surface area contributed by atoms with Gasteiger partial charge in [0.05, 0.1) is 6.54 Å². The highest BCUT2D eigenvalue weighted by Gasteiger charge is 2.26. The molecule has 4 nitrogen and oxygen atoms in total. The van der Waals surface area contributed by atoms with Gasteiger partial charge >= 0.3 is 0 Å². The Morgan fingerprint density at radius 2 is 1.76 bits per heavy atom. The third-order valence-corrected chi connectivity index (χ3v) is 5.17. The van der Waals surface area contributed by atoms with Gasteiger partial charge in [-0.2, -0.15) is 0 Å². The van der Waals surface area contributed by atoms with Crippen molar-refractivity contribution in [3.05, 3.63) is 94.6 Å². The van der Waals surface area contributed by atoms with Crippen LogP contribution in [0.5, 0.6) is 0 Å². The molecule has 4 rings (SSSR count). The molecule has 0 aliphatic rings. The predicted molar refractivity (Wildman–Crippen MR) is 112 cm³/mol. The molecular weight excluding hydrogens is 367 g/mol. The average Bonchev–Trinajstić information content (AvgIpc) is 3.04. The summed E-state index contributed by atoms with van der Waals surface area (Å²) in [4.78, 5) is 19.4. The van der Waals surface area contributed by atoms with Crippen LogP contribution in [0.2, 0.25) is 0 Å². The molecular formula is C24H21FN2O2. The van der Waals surface area contributed by atoms with E-state index >= 15 is 0 Å². The van der Waals surface area contributed by atoms with E-state index < -0.39 is 0 Å². The minimum absolute atomic E-state index is 0.255. The maximum Gasteiger partial charge on any atom is 0.295 e. The van der Waals surface area contributed by atoms with E-state index in [4.69, 9.17) is 4.42 Å². The lowest BCUT2D eigenvalue weighted by atomic mass is 10.0. The standard InChI is InChI=1S/C24H21FN2O2/c1-15-12-20-17(3)23(29-21(20)13-16(15)2)24(28)27(22-6-4-5-11-26-22)14-18-7-9-19(25)10-8-18/h4-13H,14H2,1-3H3. The Morgan fingerprint density at radius 3 is 2.45 bits per heavy atom. The van der Waals surface area contributed by atoms with Crippen molar-refractivity contribution in [2.75, 3.05) is 4.90 Å². The number of amides is 1. The number of benzene rings is 2. The Bertz CT molecular complexity index is 1180. The van der Waals surface area contributed by atoms with E-state index in [0.717, 1.165) is 27.6 Å². The lowest BCUT2D eigenvalue weighted by Gasteiger charge is -2.21. The van der Waals surface area contributed by atoms with Crippen LogP contribution in [-0.4, -0.2) is 10.9 Å². The van der Waals surface area contributed by atoms with E-state index in [1.54, 1.807) is 35.4 Å². The van der Waals surface area contributed by atoms with Crippen molar-refractivity contribution in [1.29, 1.82) is 0 Å². The summed E-state index contributed by atoms with van der Waals surface area (Å²) in [5.41, 5.74) is 4.54. The number of carbonyl (C=O) groups excluding carboxylic acids is 1. The summed E-state index contributed by atoms with van der Waals surface area (Å²) in [5, 5.41) is 0.930. The van der Waals surface area contributed by atoms with Gasteiger partial charge in [0, 0.05) is 17.1 Å². The Morgan fingerprint density at radius 1 is 1.03 bits per heavy atom. The Labute approximate surface area is 168 Å². The molecule has 0 saturated carbocycles. The number of hydrogen-bond acceptors (Lipinski definition) is 3. The first-order valence-corrected chi connectivity index (χ1v) is 9.41. The highest BCUT2D eigenvalue weighted by molar-refractivity contribution is 6.07. The highest BCUT2D eigenvalue weighted by Crippen LogP contribution is 2.30. The maximum atomic E-state index is 13.5. The molecule has 0 spiro atoms. The molecule has 0 atom stereocenters. The van der Waals surface area contributed by atoms with Crippen molar-refractivity contribution in [2.24, 2.45) is 0 Å². The topological polar surface area (TPSA) is 46.3 Å². The van der Waals surface area contributed by atoms with Crippen LogP contribution in [0.1, 0.15) is 32.8 Å². The summed E-state index contributed by atoms with van der Waals surface area (Å²) in [5.74, 6) is 0.201. The molecule has 2 heterocycles. The summed E-state index contributed by atoms with van der Waals surface area (Å²) >= 11 is 0. The SMILES string of the molecule is Cc1cc2oc(C(=O)N(Cc3ccc(F)cc3)c3ccccn3)c(C)c2cc1C. The monoisotopic (exact) mass is 388 g/mol. The Balaban J connectivity index is 1.78. The predicted octanol–water partition coefficient (Wildman–Crippen LogP) is 5.74. The van der Waals surface area contributed by atoms with E-state index in [9.17, 15) is 9.18 Å². The van der Waals surface area contributed by atoms with Gasteiger partial charge < -0.3 is 4.42 Å². The van der Waals surface area contributed by atoms with Crippen LogP contribution in [0, 0.1) is 26.6 Å². The van der Waals surface area contributed by atoms with Crippen LogP contribution in [0.4, 0.5) is 10.2 Å². The van der Waals surface area contributed by atoms with Gasteiger partial charge in [0.25, 0.3) is 5.91 Å². The molecule has 0 fully saturated rings. The summed E-state index contributed by atoms with van der Waals surface area (Å²) in [6.07, 6.45) is 1.64. The molecule has 0 aliphatic carbocycles. The molecule has 29 heavy (non-hydrogen) atoms. The van der Waals surface area contributed by atoms with Gasteiger partial charge in [-0.25, -0.2) is 9.37 Å². The summed E-state index contributed by atoms with van der Waals surface area (Å²) in [7, 11) is 0. The van der Waals surface area contributed by atoms with Crippen molar-refractivity contribution < 1.29 is 13.6 Å². The number of hydrogen-bond donors (Lipinski definition) is 0. The smallest absolute Gasteiger partial charge is 0.295 e. The number of aromatic nitrogens is 1. The number of rotatable bonds is 4. The third kappa shape index (κ3) is 3.63. The van der Waals surface area contributed by atoms with Crippen molar-refractivity contribution in [3.63, 3.8) is 0 Å². The van der Waals surface area contributed by atoms with Gasteiger partial charge in [-0.05, 0) is 73.9 Å². The lowest BCUT2D eigenvalue weighted by molar-refractivity contribution is 0.0959. The lowest BCUT2D eigenvalue weighted by Crippen LogP contribution is -2.31. The van der Waals surface area contributed by atoms with Crippen LogP contribution < -0.4 is 4.90 Å². The average molecular weight is 388 g/mol. The van der Waals surface area contributed by atoms with Gasteiger partial charge in [0.15, 0.2) is 5.76 Å².